The molecule has 1 aromatic carbocycles. The van der Waals surface area contributed by atoms with Crippen molar-refractivity contribution in [3.63, 3.8) is 0 Å². The van der Waals surface area contributed by atoms with Crippen LogP contribution in [0.15, 0.2) is 28.8 Å². The fourth-order valence-electron chi connectivity index (χ4n) is 2.89. The molecule has 4 heteroatoms. The number of rotatable bonds is 3. The summed E-state index contributed by atoms with van der Waals surface area (Å²) in [5.74, 6) is 1.28. The quantitative estimate of drug-likeness (QED) is 0.936. The Kier molecular flexibility index (Phi) is 3.78. The smallest absolute Gasteiger partial charge is 0.278 e. The maximum Gasteiger partial charge on any atom is 0.278 e. The molecule has 3 rings (SSSR count). The van der Waals surface area contributed by atoms with Gasteiger partial charge in [-0.25, -0.2) is 0 Å². The van der Waals surface area contributed by atoms with Crippen molar-refractivity contribution in [2.24, 2.45) is 5.92 Å². The number of hydrogen-bond acceptors (Lipinski definition) is 3. The van der Waals surface area contributed by atoms with Crippen molar-refractivity contribution < 1.29 is 9.32 Å². The number of fused-ring (bicyclic) bond motifs is 1. The van der Waals surface area contributed by atoms with Gasteiger partial charge in [-0.3, -0.25) is 4.79 Å². The van der Waals surface area contributed by atoms with E-state index in [0.717, 1.165) is 48.3 Å². The molecule has 1 heterocycles. The lowest BCUT2D eigenvalue weighted by molar-refractivity contribution is 0.101. The van der Waals surface area contributed by atoms with Gasteiger partial charge in [0.15, 0.2) is 5.69 Å². The molecule has 1 atom stereocenters. The lowest BCUT2D eigenvalue weighted by atomic mass is 9.88. The minimum absolute atomic E-state index is 0.171. The summed E-state index contributed by atoms with van der Waals surface area (Å²) in [6.45, 7) is 4.27. The van der Waals surface area contributed by atoms with Crippen LogP contribution >= 0.6 is 0 Å². The first-order chi connectivity index (χ1) is 10.2. The third-order valence-corrected chi connectivity index (χ3v) is 4.15. The maximum atomic E-state index is 12.5. The Morgan fingerprint density at radius 3 is 3.05 bits per heavy atom. The molecule has 1 amide bonds. The van der Waals surface area contributed by atoms with Gasteiger partial charge in [-0.1, -0.05) is 37.2 Å². The van der Waals surface area contributed by atoms with Crippen LogP contribution in [0.2, 0.25) is 0 Å². The zero-order valence-corrected chi connectivity index (χ0v) is 12.5. The van der Waals surface area contributed by atoms with Gasteiger partial charge in [0.1, 0.15) is 5.76 Å². The summed E-state index contributed by atoms with van der Waals surface area (Å²) in [7, 11) is 0. The number of aryl methyl sites for hydroxylation is 2. The maximum absolute atomic E-state index is 12.5. The molecule has 0 bridgehead atoms. The zero-order valence-electron chi connectivity index (χ0n) is 12.5. The van der Waals surface area contributed by atoms with E-state index in [4.69, 9.17) is 4.52 Å². The number of benzene rings is 1. The number of hydrogen-bond donors (Lipinski definition) is 1. The molecule has 0 fully saturated rings. The number of nitrogens with zero attached hydrogens (tertiary/aromatic N) is 1. The molecule has 110 valence electrons. The van der Waals surface area contributed by atoms with E-state index in [2.05, 4.69) is 24.3 Å². The predicted octanol–water partition coefficient (Wildman–Crippen LogP) is 3.61. The van der Waals surface area contributed by atoms with Crippen molar-refractivity contribution in [2.75, 3.05) is 5.32 Å². The fraction of sp³-hybridized carbons (Fsp3) is 0.412. The number of carbonyl (C=O) groups is 1. The number of aromatic nitrogens is 1. The summed E-state index contributed by atoms with van der Waals surface area (Å²) in [4.78, 5) is 12.5. The number of nitrogens with one attached hydrogen (secondary N) is 1. The Bertz CT molecular complexity index is 661. The van der Waals surface area contributed by atoms with Crippen LogP contribution < -0.4 is 5.32 Å². The van der Waals surface area contributed by atoms with Crippen LogP contribution in [0.4, 0.5) is 5.69 Å². The molecule has 1 aliphatic rings. The molecule has 2 aromatic rings. The average Bonchev–Trinajstić information content (AvgIpc) is 2.90. The van der Waals surface area contributed by atoms with Crippen molar-refractivity contribution in [3.8, 4) is 0 Å². The number of para-hydroxylation sites is 1. The summed E-state index contributed by atoms with van der Waals surface area (Å²) in [5, 5.41) is 6.96. The van der Waals surface area contributed by atoms with E-state index in [1.807, 2.05) is 24.3 Å². The van der Waals surface area contributed by atoms with Gasteiger partial charge in [-0.2, -0.15) is 0 Å². The van der Waals surface area contributed by atoms with Crippen LogP contribution in [0.3, 0.4) is 0 Å². The van der Waals surface area contributed by atoms with E-state index in [1.54, 1.807) is 0 Å². The first-order valence-corrected chi connectivity index (χ1v) is 7.55. The first-order valence-electron chi connectivity index (χ1n) is 7.55. The van der Waals surface area contributed by atoms with Crippen LogP contribution in [-0.2, 0) is 19.3 Å². The van der Waals surface area contributed by atoms with Gasteiger partial charge < -0.3 is 9.84 Å². The van der Waals surface area contributed by atoms with Gasteiger partial charge in [0.05, 0.1) is 0 Å². The molecule has 1 aromatic heterocycles. The molecule has 1 unspecified atom stereocenters. The highest BCUT2D eigenvalue weighted by Gasteiger charge is 2.27. The van der Waals surface area contributed by atoms with Crippen molar-refractivity contribution >= 4 is 11.6 Å². The molecule has 0 saturated heterocycles. The van der Waals surface area contributed by atoms with Gasteiger partial charge in [-0.15, -0.1) is 0 Å². The fourth-order valence-corrected chi connectivity index (χ4v) is 2.89. The zero-order chi connectivity index (χ0) is 14.8. The summed E-state index contributed by atoms with van der Waals surface area (Å²) < 4.78 is 5.34. The second kappa shape index (κ2) is 5.72. The van der Waals surface area contributed by atoms with Gasteiger partial charge >= 0.3 is 0 Å². The van der Waals surface area contributed by atoms with Crippen LogP contribution in [-0.4, -0.2) is 11.1 Å². The van der Waals surface area contributed by atoms with Crippen LogP contribution in [0.5, 0.6) is 0 Å². The number of amides is 1. The monoisotopic (exact) mass is 284 g/mol. The van der Waals surface area contributed by atoms with Crippen LogP contribution in [0, 0.1) is 5.92 Å². The summed E-state index contributed by atoms with van der Waals surface area (Å²) in [6, 6.07) is 7.85. The van der Waals surface area contributed by atoms with Gasteiger partial charge in [0.2, 0.25) is 0 Å². The second-order valence-corrected chi connectivity index (χ2v) is 5.75. The lowest BCUT2D eigenvalue weighted by Crippen LogP contribution is -2.18. The molecule has 0 spiro atoms. The third-order valence-electron chi connectivity index (χ3n) is 4.15. The predicted molar refractivity (Wildman–Crippen MR) is 81.5 cm³/mol. The second-order valence-electron chi connectivity index (χ2n) is 5.75. The molecule has 0 radical (unpaired) electrons. The Balaban J connectivity index is 1.85. The van der Waals surface area contributed by atoms with Gasteiger partial charge in [0.25, 0.3) is 5.91 Å². The highest BCUT2D eigenvalue weighted by molar-refractivity contribution is 6.04. The van der Waals surface area contributed by atoms with Crippen LogP contribution in [0.1, 0.15) is 47.6 Å². The number of anilines is 1. The Morgan fingerprint density at radius 1 is 1.43 bits per heavy atom. The van der Waals surface area contributed by atoms with E-state index in [0.29, 0.717) is 11.6 Å². The molecular formula is C17H20N2O2. The Morgan fingerprint density at radius 2 is 2.24 bits per heavy atom. The summed E-state index contributed by atoms with van der Waals surface area (Å²) >= 11 is 0. The van der Waals surface area contributed by atoms with Crippen molar-refractivity contribution in [1.29, 1.82) is 0 Å². The van der Waals surface area contributed by atoms with Crippen LogP contribution in [0.25, 0.3) is 0 Å². The lowest BCUT2D eigenvalue weighted by Gasteiger charge is -2.16. The van der Waals surface area contributed by atoms with Crippen molar-refractivity contribution in [3.05, 3.63) is 46.8 Å². The van der Waals surface area contributed by atoms with E-state index in [-0.39, 0.29) is 5.91 Å². The van der Waals surface area contributed by atoms with E-state index in [9.17, 15) is 4.79 Å². The van der Waals surface area contributed by atoms with Gasteiger partial charge in [-0.05, 0) is 36.8 Å². The standard InChI is InChI=1S/C17H20N2O2/c1-3-12-6-4-5-7-14(12)18-17(20)16-13-10-11(2)8-9-15(13)21-19-16/h4-7,11H,3,8-10H2,1-2H3,(H,18,20). The average molecular weight is 284 g/mol. The highest BCUT2D eigenvalue weighted by Crippen LogP contribution is 2.28. The summed E-state index contributed by atoms with van der Waals surface area (Å²) in [6.07, 6.45) is 3.73. The molecular weight excluding hydrogens is 264 g/mol. The van der Waals surface area contributed by atoms with E-state index >= 15 is 0 Å². The first kappa shape index (κ1) is 13.9. The van der Waals surface area contributed by atoms with Gasteiger partial charge in [0, 0.05) is 17.7 Å². The molecule has 0 aliphatic heterocycles. The topological polar surface area (TPSA) is 55.1 Å². The Hall–Kier alpha value is -2.10. The van der Waals surface area contributed by atoms with Crippen molar-refractivity contribution in [1.82, 2.24) is 5.16 Å². The molecule has 0 saturated carbocycles. The molecule has 4 nitrogen and oxygen atoms in total. The normalized spacial score (nSPS) is 17.3. The molecule has 21 heavy (non-hydrogen) atoms. The van der Waals surface area contributed by atoms with E-state index < -0.39 is 0 Å². The minimum Gasteiger partial charge on any atom is -0.360 e. The highest BCUT2D eigenvalue weighted by atomic mass is 16.5. The number of carbonyl (C=O) groups excluding carboxylic acids is 1. The Labute approximate surface area is 124 Å². The SMILES string of the molecule is CCc1ccccc1NC(=O)c1noc2c1CC(C)CC2. The van der Waals surface area contributed by atoms with E-state index in [1.165, 1.54) is 0 Å². The molecule has 1 aliphatic carbocycles. The third kappa shape index (κ3) is 2.71. The molecule has 1 N–H and O–H groups in total. The largest absolute Gasteiger partial charge is 0.360 e. The van der Waals surface area contributed by atoms with Crippen molar-refractivity contribution in [2.45, 2.75) is 39.5 Å². The summed E-state index contributed by atoms with van der Waals surface area (Å²) in [5.41, 5.74) is 3.41. The minimum atomic E-state index is -0.171.